The molecule has 0 unspecified atom stereocenters. The summed E-state index contributed by atoms with van der Waals surface area (Å²) in [6.45, 7) is 0. The fourth-order valence-electron chi connectivity index (χ4n) is 2.08. The fraction of sp³-hybridized carbons (Fsp3) is 0.167. The highest BCUT2D eigenvalue weighted by atomic mass is 32.2. The van der Waals surface area contributed by atoms with Crippen molar-refractivity contribution in [2.45, 2.75) is 11.5 Å². The quantitative estimate of drug-likeness (QED) is 0.830. The first-order valence-corrected chi connectivity index (χ1v) is 8.77. The molecule has 20 heavy (non-hydrogen) atoms. The SMILES string of the molecule is O=S(=O)(O)Cc1cccc2c(CS(=O)(=O)O)cccc12. The Hall–Kier alpha value is -1.48. The molecule has 6 nitrogen and oxygen atoms in total. The molecule has 2 aromatic rings. The minimum absolute atomic E-state index is 0.363. The van der Waals surface area contributed by atoms with Gasteiger partial charge in [0, 0.05) is 0 Å². The van der Waals surface area contributed by atoms with Crippen LogP contribution in [0, 0.1) is 0 Å². The predicted molar refractivity (Wildman–Crippen MR) is 74.5 cm³/mol. The first kappa shape index (κ1) is 14.9. The van der Waals surface area contributed by atoms with Crippen LogP contribution in [-0.4, -0.2) is 25.9 Å². The van der Waals surface area contributed by atoms with E-state index >= 15 is 0 Å². The number of hydrogen-bond acceptors (Lipinski definition) is 4. The lowest BCUT2D eigenvalue weighted by Crippen LogP contribution is -2.04. The third kappa shape index (κ3) is 3.76. The van der Waals surface area contributed by atoms with Crippen molar-refractivity contribution < 1.29 is 25.9 Å². The molecule has 0 aliphatic heterocycles. The van der Waals surface area contributed by atoms with Gasteiger partial charge in [0.15, 0.2) is 0 Å². The molecule has 0 saturated heterocycles. The summed E-state index contributed by atoms with van der Waals surface area (Å²) in [5.41, 5.74) is 0.726. The second kappa shape index (κ2) is 5.13. The molecule has 0 aromatic heterocycles. The van der Waals surface area contributed by atoms with E-state index in [1.54, 1.807) is 24.3 Å². The Balaban J connectivity index is 2.63. The molecule has 0 aliphatic rings. The van der Waals surface area contributed by atoms with Crippen LogP contribution < -0.4 is 0 Å². The van der Waals surface area contributed by atoms with E-state index in [0.29, 0.717) is 21.9 Å². The lowest BCUT2D eigenvalue weighted by atomic mass is 10.0. The highest BCUT2D eigenvalue weighted by molar-refractivity contribution is 7.85. The second-order valence-corrected chi connectivity index (χ2v) is 7.29. The zero-order valence-electron chi connectivity index (χ0n) is 10.2. The monoisotopic (exact) mass is 316 g/mol. The molecule has 0 aliphatic carbocycles. The molecular weight excluding hydrogens is 304 g/mol. The van der Waals surface area contributed by atoms with Gasteiger partial charge >= 0.3 is 0 Å². The Morgan fingerprint density at radius 3 is 1.35 bits per heavy atom. The Bertz CT molecular complexity index is 779. The van der Waals surface area contributed by atoms with Gasteiger partial charge < -0.3 is 0 Å². The second-order valence-electron chi connectivity index (χ2n) is 4.38. The van der Waals surface area contributed by atoms with Gasteiger partial charge in [-0.05, 0) is 21.9 Å². The van der Waals surface area contributed by atoms with Gasteiger partial charge in [0.05, 0.1) is 0 Å². The Kier molecular flexibility index (Phi) is 3.83. The number of fused-ring (bicyclic) bond motifs is 1. The minimum Gasteiger partial charge on any atom is -0.285 e. The molecule has 2 aromatic carbocycles. The summed E-state index contributed by atoms with van der Waals surface area (Å²) in [6.07, 6.45) is 0. The van der Waals surface area contributed by atoms with E-state index in [9.17, 15) is 16.8 Å². The molecule has 0 amide bonds. The highest BCUT2D eigenvalue weighted by Crippen LogP contribution is 2.25. The van der Waals surface area contributed by atoms with Crippen LogP contribution >= 0.6 is 0 Å². The maximum Gasteiger partial charge on any atom is 0.269 e. The molecule has 0 bridgehead atoms. The van der Waals surface area contributed by atoms with Gasteiger partial charge in [-0.3, -0.25) is 9.11 Å². The van der Waals surface area contributed by atoms with Gasteiger partial charge in [0.1, 0.15) is 11.5 Å². The molecule has 8 heteroatoms. The zero-order valence-corrected chi connectivity index (χ0v) is 11.9. The normalized spacial score (nSPS) is 12.7. The van der Waals surface area contributed by atoms with Gasteiger partial charge in [-0.15, -0.1) is 0 Å². The van der Waals surface area contributed by atoms with Gasteiger partial charge in [0.25, 0.3) is 20.2 Å². The van der Waals surface area contributed by atoms with Gasteiger partial charge in [-0.2, -0.15) is 16.8 Å². The molecule has 0 radical (unpaired) electrons. The fourth-order valence-corrected chi connectivity index (χ4v) is 3.37. The molecule has 0 saturated carbocycles. The van der Waals surface area contributed by atoms with Gasteiger partial charge in [-0.25, -0.2) is 0 Å². The predicted octanol–water partition coefficient (Wildman–Crippen LogP) is 1.62. The number of hydrogen-bond donors (Lipinski definition) is 2. The maximum atomic E-state index is 11.0. The summed E-state index contributed by atoms with van der Waals surface area (Å²) in [7, 11) is -8.37. The summed E-state index contributed by atoms with van der Waals surface area (Å²) in [5.74, 6) is -1.11. The van der Waals surface area contributed by atoms with Crippen LogP contribution in [0.3, 0.4) is 0 Å². The van der Waals surface area contributed by atoms with Crippen molar-refractivity contribution in [1.82, 2.24) is 0 Å². The lowest BCUT2D eigenvalue weighted by Gasteiger charge is -2.09. The molecule has 0 heterocycles. The average molecular weight is 316 g/mol. The van der Waals surface area contributed by atoms with Crippen molar-refractivity contribution in [3.8, 4) is 0 Å². The van der Waals surface area contributed by atoms with E-state index in [1.165, 1.54) is 12.1 Å². The van der Waals surface area contributed by atoms with Crippen LogP contribution in [0.1, 0.15) is 11.1 Å². The van der Waals surface area contributed by atoms with Crippen molar-refractivity contribution in [2.24, 2.45) is 0 Å². The summed E-state index contributed by atoms with van der Waals surface area (Å²) in [6, 6.07) is 9.46. The summed E-state index contributed by atoms with van der Waals surface area (Å²) in [4.78, 5) is 0. The summed E-state index contributed by atoms with van der Waals surface area (Å²) >= 11 is 0. The topological polar surface area (TPSA) is 109 Å². The van der Waals surface area contributed by atoms with Crippen LogP contribution in [0.15, 0.2) is 36.4 Å². The smallest absolute Gasteiger partial charge is 0.269 e. The Morgan fingerprint density at radius 1 is 0.700 bits per heavy atom. The van der Waals surface area contributed by atoms with E-state index < -0.39 is 31.7 Å². The molecule has 108 valence electrons. The first-order chi connectivity index (χ1) is 9.16. The van der Waals surface area contributed by atoms with Crippen LogP contribution in [0.2, 0.25) is 0 Å². The van der Waals surface area contributed by atoms with E-state index in [-0.39, 0.29) is 0 Å². The molecule has 2 N–H and O–H groups in total. The third-order valence-electron chi connectivity index (χ3n) is 2.78. The molecule has 2 rings (SSSR count). The summed E-state index contributed by atoms with van der Waals surface area (Å²) < 4.78 is 61.8. The van der Waals surface area contributed by atoms with E-state index in [4.69, 9.17) is 9.11 Å². The van der Waals surface area contributed by atoms with Crippen molar-refractivity contribution in [3.05, 3.63) is 47.5 Å². The van der Waals surface area contributed by atoms with Crippen molar-refractivity contribution >= 4 is 31.0 Å². The van der Waals surface area contributed by atoms with E-state index in [1.807, 2.05) is 0 Å². The van der Waals surface area contributed by atoms with Crippen LogP contribution in [0.25, 0.3) is 10.8 Å². The van der Waals surface area contributed by atoms with Gasteiger partial charge in [-0.1, -0.05) is 36.4 Å². The average Bonchev–Trinajstić information content (AvgIpc) is 2.26. The molecule has 0 fully saturated rings. The van der Waals surface area contributed by atoms with Crippen molar-refractivity contribution in [2.75, 3.05) is 0 Å². The van der Waals surface area contributed by atoms with E-state index in [2.05, 4.69) is 0 Å². The first-order valence-electron chi connectivity index (χ1n) is 5.55. The third-order valence-corrected chi connectivity index (χ3v) is 4.13. The Morgan fingerprint density at radius 2 is 1.05 bits per heavy atom. The number of rotatable bonds is 4. The molecular formula is C12H12O6S2. The van der Waals surface area contributed by atoms with Crippen LogP contribution in [0.5, 0.6) is 0 Å². The summed E-state index contributed by atoms with van der Waals surface area (Å²) in [5, 5.41) is 1.04. The minimum atomic E-state index is -4.18. The Labute approximate surface area is 116 Å². The zero-order chi connectivity index (χ0) is 15.0. The van der Waals surface area contributed by atoms with E-state index in [0.717, 1.165) is 0 Å². The standard InChI is InChI=1S/C12H12O6S2/c13-19(14,15)7-9-3-1-5-11-10(8-20(16,17)18)4-2-6-12(9)11/h1-6H,7-8H2,(H,13,14,15)(H,16,17,18). The molecule has 0 atom stereocenters. The van der Waals surface area contributed by atoms with Crippen molar-refractivity contribution in [1.29, 1.82) is 0 Å². The van der Waals surface area contributed by atoms with Crippen LogP contribution in [-0.2, 0) is 31.7 Å². The number of benzene rings is 2. The lowest BCUT2D eigenvalue weighted by molar-refractivity contribution is 0.479. The maximum absolute atomic E-state index is 11.0. The molecule has 0 spiro atoms. The van der Waals surface area contributed by atoms with Crippen molar-refractivity contribution in [3.63, 3.8) is 0 Å². The largest absolute Gasteiger partial charge is 0.285 e. The van der Waals surface area contributed by atoms with Gasteiger partial charge in [0.2, 0.25) is 0 Å². The van der Waals surface area contributed by atoms with Crippen LogP contribution in [0.4, 0.5) is 0 Å². The highest BCUT2D eigenvalue weighted by Gasteiger charge is 2.13.